The van der Waals surface area contributed by atoms with Crippen LogP contribution in [-0.2, 0) is 22.5 Å². The first-order valence-corrected chi connectivity index (χ1v) is 19.8. The second-order valence-electron chi connectivity index (χ2n) is 15.0. The van der Waals surface area contributed by atoms with Crippen molar-refractivity contribution < 1.29 is 21.8 Å². The largest absolute Gasteiger partial charge is 0.387 e. The number of carbonyl (C=O) groups is 1. The Morgan fingerprint density at radius 1 is 1.28 bits per heavy atom. The number of carbonyl (C=O) groups excluding carboxylic acids is 1. The summed E-state index contributed by atoms with van der Waals surface area (Å²) in [6.07, 6.45) is 1.60. The highest BCUT2D eigenvalue weighted by Crippen LogP contribution is 2.52. The van der Waals surface area contributed by atoms with Crippen molar-refractivity contribution in [2.45, 2.75) is 89.3 Å². The van der Waals surface area contributed by atoms with E-state index in [9.17, 15) is 15.2 Å². The lowest BCUT2D eigenvalue weighted by atomic mass is 9.79. The minimum Gasteiger partial charge on any atom is -0.387 e. The van der Waals surface area contributed by atoms with Gasteiger partial charge in [-0.15, -0.1) is 0 Å². The van der Waals surface area contributed by atoms with Gasteiger partial charge in [0.25, 0.3) is 0 Å². The van der Waals surface area contributed by atoms with Crippen molar-refractivity contribution in [2.24, 2.45) is 11.8 Å². The molecule has 5 aliphatic rings. The lowest BCUT2D eigenvalue weighted by Crippen LogP contribution is -2.41. The number of aryl methyl sites for hydroxylation is 2. The Morgan fingerprint density at radius 2 is 2.11 bits per heavy atom. The number of halogens is 3. The van der Waals surface area contributed by atoms with Gasteiger partial charge in [0.05, 0.1) is 66.6 Å². The van der Waals surface area contributed by atoms with Crippen LogP contribution in [0.15, 0.2) is 35.7 Å². The van der Waals surface area contributed by atoms with Crippen LogP contribution < -0.4 is 5.32 Å². The van der Waals surface area contributed by atoms with Crippen LogP contribution in [0.3, 0.4) is 0 Å². The van der Waals surface area contributed by atoms with E-state index in [1.807, 2.05) is 17.0 Å². The molecule has 2 bridgehead atoms. The van der Waals surface area contributed by atoms with E-state index < -0.39 is 30.6 Å². The van der Waals surface area contributed by atoms with Crippen LogP contribution in [0.5, 0.6) is 0 Å². The molecule has 0 spiro atoms. The number of hydrogen-bond acceptors (Lipinski definition) is 8. The average molecular weight is 776 g/mol. The first-order chi connectivity index (χ1) is 26.4. The third kappa shape index (κ3) is 5.85. The molecule has 6 heterocycles. The van der Waals surface area contributed by atoms with Crippen LogP contribution in [-0.4, -0.2) is 55.1 Å². The van der Waals surface area contributed by atoms with E-state index in [0.717, 1.165) is 31.5 Å². The maximum absolute atomic E-state index is 17.4. The molecule has 2 saturated carbocycles. The summed E-state index contributed by atoms with van der Waals surface area (Å²) < 4.78 is 47.8. The van der Waals surface area contributed by atoms with Gasteiger partial charge < -0.3 is 24.6 Å². The Bertz CT molecular complexity index is 2420. The lowest BCUT2D eigenvalue weighted by molar-refractivity contribution is -0.134. The minimum absolute atomic E-state index is 0.0135. The molecule has 13 heteroatoms. The number of nitrogens with zero attached hydrogens (tertiary/aromatic N) is 5. The normalized spacial score (nSPS) is 25.1. The number of pyridine rings is 1. The molecule has 3 aromatic heterocycles. The Hall–Kier alpha value is -3.63. The molecular weight excluding hydrogens is 734 g/mol. The third-order valence-electron chi connectivity index (χ3n) is 11.6. The van der Waals surface area contributed by atoms with Crippen molar-refractivity contribution in [3.63, 3.8) is 0 Å². The van der Waals surface area contributed by atoms with Crippen molar-refractivity contribution in [1.29, 1.82) is 5.26 Å². The first kappa shape index (κ1) is 32.8. The third-order valence-corrected chi connectivity index (χ3v) is 13.1. The average Bonchev–Trinajstić information content (AvgIpc) is 3.58. The zero-order valence-corrected chi connectivity index (χ0v) is 31.5. The van der Waals surface area contributed by atoms with Gasteiger partial charge >= 0.3 is 0 Å². The van der Waals surface area contributed by atoms with E-state index in [1.165, 1.54) is 11.5 Å². The first-order valence-electron chi connectivity index (χ1n) is 19.2. The number of nitrogens with one attached hydrogen (secondary N) is 1. The summed E-state index contributed by atoms with van der Waals surface area (Å²) in [5.41, 5.74) is 4.00. The van der Waals surface area contributed by atoms with E-state index in [4.69, 9.17) is 35.7 Å². The molecule has 9 nitrogen and oxygen atoms in total. The van der Waals surface area contributed by atoms with Gasteiger partial charge in [-0.25, -0.2) is 9.37 Å². The van der Waals surface area contributed by atoms with Gasteiger partial charge in [0.15, 0.2) is 5.82 Å². The molecule has 5 aromatic rings. The van der Waals surface area contributed by atoms with Crippen LogP contribution in [0.2, 0.25) is 10.0 Å². The number of aromatic nitrogens is 3. The zero-order chi connectivity index (χ0) is 38.5. The number of aliphatic hydroxyl groups is 1. The maximum Gasteiger partial charge on any atom is 0.226 e. The number of fused-ring (bicyclic) bond motifs is 4. The molecule has 0 radical (unpaired) electrons. The molecule has 3 saturated heterocycles. The van der Waals surface area contributed by atoms with Crippen molar-refractivity contribution >= 4 is 62.4 Å². The summed E-state index contributed by atoms with van der Waals surface area (Å²) in [7, 11) is 0. The second-order valence-corrected chi connectivity index (χ2v) is 16.4. The molecule has 2 aromatic carbocycles. The van der Waals surface area contributed by atoms with Crippen LogP contribution >= 0.6 is 34.7 Å². The molecule has 5 fully saturated rings. The highest BCUT2D eigenvalue weighted by molar-refractivity contribution is 7.03. The predicted molar refractivity (Wildman–Crippen MR) is 203 cm³/mol. The molecule has 10 rings (SSSR count). The standard InChI is InChI=1S/C40H39Cl2FN6O3S/c1-19-18-53-47-30(19)17-52-24-13-31(48(16-24)40(51)21-8-9-21)32-14-27-36(20(2)50)46-37-26(39(27)49(32)38-23-12-29(38)45-15-23)11-22(5-4-10-44)33(35(37)43)25-6-3-7-28(41)34(25)42/h3,6-7,11,14,18,20-21,23-24,29,31,38,45,50H,4-5,8-9,12-13,15-17H2,1-2H3/i17D2. The minimum atomic E-state index is -2.16. The van der Waals surface area contributed by atoms with E-state index in [0.29, 0.717) is 45.1 Å². The van der Waals surface area contributed by atoms with E-state index in [-0.39, 0.29) is 76.0 Å². The SMILES string of the molecule is [2H]C([2H])(OC1CC(c2cc3c(C(C)O)nc4c(F)c(-c5cccc(Cl)c5Cl)c(CCC#N)cc4c3n2C2C3CNC2C3)N(C(=O)C2CC2)C1)c1nscc1C. The van der Waals surface area contributed by atoms with Crippen molar-refractivity contribution in [3.05, 3.63) is 79.8 Å². The number of benzene rings is 2. The molecule has 6 unspecified atom stereocenters. The fraction of sp³-hybridized carbons (Fsp3) is 0.450. The van der Waals surface area contributed by atoms with Crippen molar-refractivity contribution in [2.75, 3.05) is 13.1 Å². The quantitative estimate of drug-likeness (QED) is 0.147. The Morgan fingerprint density at radius 3 is 2.79 bits per heavy atom. The molecule has 2 N–H and O–H groups in total. The summed E-state index contributed by atoms with van der Waals surface area (Å²) in [6.45, 7) is 2.27. The van der Waals surface area contributed by atoms with Gasteiger partial charge in [-0.1, -0.05) is 35.3 Å². The van der Waals surface area contributed by atoms with Gasteiger partial charge in [0.1, 0.15) is 5.52 Å². The van der Waals surface area contributed by atoms with Crippen molar-refractivity contribution in [1.82, 2.24) is 24.1 Å². The topological polar surface area (TPSA) is 116 Å². The van der Waals surface area contributed by atoms with E-state index in [1.54, 1.807) is 37.4 Å². The number of amides is 1. The Kier molecular flexibility index (Phi) is 8.40. The van der Waals surface area contributed by atoms with Crippen LogP contribution in [0.1, 0.15) is 88.2 Å². The smallest absolute Gasteiger partial charge is 0.226 e. The fourth-order valence-corrected chi connectivity index (χ4v) is 9.79. The molecule has 53 heavy (non-hydrogen) atoms. The highest BCUT2D eigenvalue weighted by atomic mass is 35.5. The summed E-state index contributed by atoms with van der Waals surface area (Å²) in [5.74, 6) is -0.420. The highest BCUT2D eigenvalue weighted by Gasteiger charge is 2.51. The molecule has 2 aliphatic carbocycles. The molecule has 3 aliphatic heterocycles. The second kappa shape index (κ2) is 13.6. The number of likely N-dealkylation sites (tertiary alicyclic amines) is 1. The summed E-state index contributed by atoms with van der Waals surface area (Å²) in [6, 6.07) is 10.8. The van der Waals surface area contributed by atoms with Gasteiger partial charge in [0.2, 0.25) is 5.91 Å². The van der Waals surface area contributed by atoms with Gasteiger partial charge in [-0.3, -0.25) is 4.79 Å². The number of nitriles is 1. The van der Waals surface area contributed by atoms with E-state index >= 15 is 4.39 Å². The van der Waals surface area contributed by atoms with Crippen LogP contribution in [0, 0.1) is 35.9 Å². The molecular formula is C40H39Cl2FN6O3S. The monoisotopic (exact) mass is 774 g/mol. The van der Waals surface area contributed by atoms with Gasteiger partial charge in [-0.2, -0.15) is 9.64 Å². The fourth-order valence-electron chi connectivity index (χ4n) is 8.78. The number of aliphatic hydroxyl groups excluding tert-OH is 1. The number of ether oxygens (including phenoxy) is 1. The molecule has 274 valence electrons. The molecule has 1 amide bonds. The summed E-state index contributed by atoms with van der Waals surface area (Å²) in [4.78, 5) is 20.8. The van der Waals surface area contributed by atoms with Crippen LogP contribution in [0.25, 0.3) is 32.9 Å². The molecule has 6 atom stereocenters. The van der Waals surface area contributed by atoms with Crippen LogP contribution in [0.4, 0.5) is 4.39 Å². The zero-order valence-electron chi connectivity index (χ0n) is 31.2. The number of rotatable bonds is 10. The summed E-state index contributed by atoms with van der Waals surface area (Å²) in [5, 5.41) is 28.0. The maximum atomic E-state index is 17.4. The Labute approximate surface area is 323 Å². The van der Waals surface area contributed by atoms with Gasteiger partial charge in [-0.05, 0) is 86.3 Å². The Balaban J connectivity index is 1.28. The predicted octanol–water partition coefficient (Wildman–Crippen LogP) is 8.38. The van der Waals surface area contributed by atoms with E-state index in [2.05, 4.69) is 20.3 Å². The van der Waals surface area contributed by atoms with Crippen molar-refractivity contribution in [3.8, 4) is 17.2 Å². The summed E-state index contributed by atoms with van der Waals surface area (Å²) >= 11 is 14.3. The number of hydrogen-bond donors (Lipinski definition) is 2. The lowest BCUT2D eigenvalue weighted by Gasteiger charge is -2.39. The van der Waals surface area contributed by atoms with Gasteiger partial charge in [0, 0.05) is 70.9 Å².